The van der Waals surface area contributed by atoms with Crippen molar-refractivity contribution in [3.8, 4) is 5.75 Å². The molecule has 3 N–H and O–H groups in total. The molecule has 0 spiro atoms. The number of hydrogen-bond acceptors (Lipinski definition) is 3. The molecule has 0 aliphatic rings. The monoisotopic (exact) mass is 270 g/mol. The second-order valence-corrected chi connectivity index (χ2v) is 4.45. The number of rotatable bonds is 5. The predicted octanol–water partition coefficient (Wildman–Crippen LogP) is 2.75. The van der Waals surface area contributed by atoms with Gasteiger partial charge in [0.15, 0.2) is 0 Å². The molecule has 0 saturated heterocycles. The molecule has 4 nitrogen and oxygen atoms in total. The summed E-state index contributed by atoms with van der Waals surface area (Å²) in [5, 5.41) is 15.7. The van der Waals surface area contributed by atoms with Gasteiger partial charge in [-0.05, 0) is 36.4 Å². The molecule has 0 aromatic heterocycles. The summed E-state index contributed by atoms with van der Waals surface area (Å²) in [5.41, 5.74) is 2.08. The van der Waals surface area contributed by atoms with Crippen molar-refractivity contribution in [3.63, 3.8) is 0 Å². The molecule has 2 rings (SSSR count). The summed E-state index contributed by atoms with van der Waals surface area (Å²) in [5.74, 6) is -0.336. The summed E-state index contributed by atoms with van der Waals surface area (Å²) < 4.78 is 0. The second-order valence-electron chi connectivity index (χ2n) is 4.45. The molecule has 0 saturated carbocycles. The van der Waals surface area contributed by atoms with E-state index in [9.17, 15) is 9.90 Å². The highest BCUT2D eigenvalue weighted by Crippen LogP contribution is 2.18. The van der Waals surface area contributed by atoms with E-state index in [1.54, 1.807) is 18.2 Å². The van der Waals surface area contributed by atoms with Gasteiger partial charge in [0, 0.05) is 12.2 Å². The zero-order chi connectivity index (χ0) is 14.4. The van der Waals surface area contributed by atoms with E-state index >= 15 is 0 Å². The molecule has 104 valence electrons. The Morgan fingerprint density at radius 3 is 2.70 bits per heavy atom. The lowest BCUT2D eigenvalue weighted by atomic mass is 10.1. The van der Waals surface area contributed by atoms with Crippen molar-refractivity contribution in [1.82, 2.24) is 5.32 Å². The van der Waals surface area contributed by atoms with E-state index < -0.39 is 0 Å². The molecule has 0 heterocycles. The quantitative estimate of drug-likeness (QED) is 0.783. The molecular formula is C16H18N2O2. The van der Waals surface area contributed by atoms with Gasteiger partial charge in [-0.1, -0.05) is 31.2 Å². The molecular weight excluding hydrogens is 252 g/mol. The first-order chi connectivity index (χ1) is 9.70. The average Bonchev–Trinajstić information content (AvgIpc) is 2.46. The number of aromatic hydroxyl groups is 1. The first kappa shape index (κ1) is 14.1. The number of para-hydroxylation sites is 1. The first-order valence-electron chi connectivity index (χ1n) is 6.59. The van der Waals surface area contributed by atoms with Crippen LogP contribution in [0.5, 0.6) is 5.75 Å². The van der Waals surface area contributed by atoms with E-state index in [-0.39, 0.29) is 17.2 Å². The summed E-state index contributed by atoms with van der Waals surface area (Å²) in [7, 11) is 0. The smallest absolute Gasteiger partial charge is 0.259 e. The summed E-state index contributed by atoms with van der Waals surface area (Å²) in [6.45, 7) is 3.70. The van der Waals surface area contributed by atoms with Crippen LogP contribution in [0.25, 0.3) is 0 Å². The van der Waals surface area contributed by atoms with Crippen LogP contribution in [0.15, 0.2) is 48.5 Å². The fourth-order valence-corrected chi connectivity index (χ4v) is 1.89. The number of carbonyl (C=O) groups is 1. The number of phenols is 1. The van der Waals surface area contributed by atoms with Crippen molar-refractivity contribution in [1.29, 1.82) is 0 Å². The third-order valence-electron chi connectivity index (χ3n) is 2.91. The standard InChI is InChI=1S/C16H18N2O2/c1-2-17-11-12-6-5-7-13(10-12)18-16(20)14-8-3-4-9-15(14)19/h3-10,17,19H,2,11H2,1H3,(H,18,20). The fraction of sp³-hybridized carbons (Fsp3) is 0.188. The molecule has 20 heavy (non-hydrogen) atoms. The molecule has 0 unspecified atom stereocenters. The van der Waals surface area contributed by atoms with Crippen molar-refractivity contribution < 1.29 is 9.90 Å². The normalized spacial score (nSPS) is 10.2. The maximum absolute atomic E-state index is 12.1. The number of nitrogens with one attached hydrogen (secondary N) is 2. The van der Waals surface area contributed by atoms with Crippen molar-refractivity contribution >= 4 is 11.6 Å². The molecule has 0 fully saturated rings. The van der Waals surface area contributed by atoms with E-state index in [0.717, 1.165) is 18.7 Å². The SMILES string of the molecule is CCNCc1cccc(NC(=O)c2ccccc2O)c1. The van der Waals surface area contributed by atoms with Crippen LogP contribution < -0.4 is 10.6 Å². The van der Waals surface area contributed by atoms with E-state index in [0.29, 0.717) is 5.69 Å². The van der Waals surface area contributed by atoms with Crippen LogP contribution >= 0.6 is 0 Å². The maximum atomic E-state index is 12.1. The molecule has 0 radical (unpaired) electrons. The third kappa shape index (κ3) is 3.59. The Kier molecular flexibility index (Phi) is 4.74. The summed E-state index contributed by atoms with van der Waals surface area (Å²) in [6.07, 6.45) is 0. The minimum absolute atomic E-state index is 0.0196. The second kappa shape index (κ2) is 6.73. The van der Waals surface area contributed by atoms with Gasteiger partial charge in [0.2, 0.25) is 0 Å². The molecule has 0 aliphatic heterocycles. The first-order valence-corrected chi connectivity index (χ1v) is 6.59. The highest BCUT2D eigenvalue weighted by atomic mass is 16.3. The fourth-order valence-electron chi connectivity index (χ4n) is 1.89. The van der Waals surface area contributed by atoms with E-state index in [4.69, 9.17) is 0 Å². The zero-order valence-corrected chi connectivity index (χ0v) is 11.4. The average molecular weight is 270 g/mol. The summed E-state index contributed by atoms with van der Waals surface area (Å²) in [6, 6.07) is 14.1. The topological polar surface area (TPSA) is 61.4 Å². The van der Waals surface area contributed by atoms with Gasteiger partial charge in [0.25, 0.3) is 5.91 Å². The van der Waals surface area contributed by atoms with Gasteiger partial charge < -0.3 is 15.7 Å². The van der Waals surface area contributed by atoms with E-state index in [1.807, 2.05) is 31.2 Å². The van der Waals surface area contributed by atoms with Gasteiger partial charge >= 0.3 is 0 Å². The lowest BCUT2D eigenvalue weighted by Gasteiger charge is -2.08. The lowest BCUT2D eigenvalue weighted by molar-refractivity contribution is 0.102. The summed E-state index contributed by atoms with van der Waals surface area (Å²) in [4.78, 5) is 12.1. The van der Waals surface area contributed by atoms with Crippen LogP contribution in [0.3, 0.4) is 0 Å². The van der Waals surface area contributed by atoms with Gasteiger partial charge in [0.1, 0.15) is 5.75 Å². The molecule has 1 amide bonds. The Balaban J connectivity index is 2.10. The minimum Gasteiger partial charge on any atom is -0.507 e. The predicted molar refractivity (Wildman–Crippen MR) is 79.9 cm³/mol. The Morgan fingerprint density at radius 1 is 1.15 bits per heavy atom. The van der Waals surface area contributed by atoms with Gasteiger partial charge in [-0.25, -0.2) is 0 Å². The number of amides is 1. The number of carbonyl (C=O) groups excluding carboxylic acids is 1. The number of anilines is 1. The van der Waals surface area contributed by atoms with Crippen molar-refractivity contribution in [2.75, 3.05) is 11.9 Å². The molecule has 0 bridgehead atoms. The third-order valence-corrected chi connectivity index (χ3v) is 2.91. The highest BCUT2D eigenvalue weighted by Gasteiger charge is 2.10. The van der Waals surface area contributed by atoms with Crippen molar-refractivity contribution in [3.05, 3.63) is 59.7 Å². The van der Waals surface area contributed by atoms with E-state index in [1.165, 1.54) is 6.07 Å². The Morgan fingerprint density at radius 2 is 1.95 bits per heavy atom. The maximum Gasteiger partial charge on any atom is 0.259 e. The molecule has 0 atom stereocenters. The van der Waals surface area contributed by atoms with Gasteiger partial charge in [-0.2, -0.15) is 0 Å². The number of benzene rings is 2. The Hall–Kier alpha value is -2.33. The van der Waals surface area contributed by atoms with Crippen LogP contribution in [0.1, 0.15) is 22.8 Å². The van der Waals surface area contributed by atoms with Gasteiger partial charge in [-0.3, -0.25) is 4.79 Å². The Bertz CT molecular complexity index is 597. The molecule has 2 aromatic rings. The van der Waals surface area contributed by atoms with Crippen LogP contribution in [0.2, 0.25) is 0 Å². The van der Waals surface area contributed by atoms with E-state index in [2.05, 4.69) is 10.6 Å². The Labute approximate surface area is 118 Å². The zero-order valence-electron chi connectivity index (χ0n) is 11.4. The van der Waals surface area contributed by atoms with Gasteiger partial charge in [-0.15, -0.1) is 0 Å². The van der Waals surface area contributed by atoms with Crippen LogP contribution in [-0.2, 0) is 6.54 Å². The molecule has 2 aromatic carbocycles. The van der Waals surface area contributed by atoms with Crippen molar-refractivity contribution in [2.24, 2.45) is 0 Å². The highest BCUT2D eigenvalue weighted by molar-refractivity contribution is 6.06. The molecule has 0 aliphatic carbocycles. The molecule has 4 heteroatoms. The minimum atomic E-state index is -0.316. The van der Waals surface area contributed by atoms with Crippen LogP contribution in [0, 0.1) is 0 Å². The van der Waals surface area contributed by atoms with Crippen molar-refractivity contribution in [2.45, 2.75) is 13.5 Å². The van der Waals surface area contributed by atoms with Crippen LogP contribution in [0.4, 0.5) is 5.69 Å². The summed E-state index contributed by atoms with van der Waals surface area (Å²) >= 11 is 0. The number of hydrogen-bond donors (Lipinski definition) is 3. The largest absolute Gasteiger partial charge is 0.507 e. The van der Waals surface area contributed by atoms with Crippen LogP contribution in [-0.4, -0.2) is 17.6 Å². The van der Waals surface area contributed by atoms with Gasteiger partial charge in [0.05, 0.1) is 5.56 Å². The lowest BCUT2D eigenvalue weighted by Crippen LogP contribution is -2.14. The number of phenolic OH excluding ortho intramolecular Hbond substituents is 1.